The summed E-state index contributed by atoms with van der Waals surface area (Å²) in [5, 5.41) is 9.59. The standard InChI is InChI=1S/C21H25N5O2S/c1-15(19(27)22-17-9-11-18(12-10-17)25(2)3)29-21-24-23-20(28)26(21)14-13-16-7-5-4-6-8-16/h4-12,15H,13-14H2,1-3H3,(H,22,27)(H,23,28). The first-order valence-electron chi connectivity index (χ1n) is 9.38. The quantitative estimate of drug-likeness (QED) is 0.557. The van der Waals surface area contributed by atoms with Crippen molar-refractivity contribution in [2.75, 3.05) is 24.3 Å². The Bertz CT molecular complexity index is 996. The molecule has 0 bridgehead atoms. The van der Waals surface area contributed by atoms with Gasteiger partial charge in [0.05, 0.1) is 5.25 Å². The number of aryl methyl sites for hydroxylation is 1. The van der Waals surface area contributed by atoms with E-state index in [0.29, 0.717) is 18.1 Å². The van der Waals surface area contributed by atoms with Crippen LogP contribution in [0.3, 0.4) is 0 Å². The van der Waals surface area contributed by atoms with Crippen LogP contribution in [0.1, 0.15) is 12.5 Å². The number of carbonyl (C=O) groups excluding carboxylic acids is 1. The second kappa shape index (κ2) is 9.47. The maximum atomic E-state index is 12.6. The van der Waals surface area contributed by atoms with Gasteiger partial charge in [-0.15, -0.1) is 5.10 Å². The van der Waals surface area contributed by atoms with Gasteiger partial charge in [-0.1, -0.05) is 42.1 Å². The van der Waals surface area contributed by atoms with E-state index in [0.717, 1.165) is 16.9 Å². The molecule has 8 heteroatoms. The van der Waals surface area contributed by atoms with E-state index >= 15 is 0 Å². The molecule has 0 spiro atoms. The minimum atomic E-state index is -0.408. The number of hydrogen-bond donors (Lipinski definition) is 2. The van der Waals surface area contributed by atoms with E-state index in [1.54, 1.807) is 11.5 Å². The van der Waals surface area contributed by atoms with Gasteiger partial charge >= 0.3 is 5.69 Å². The third-order valence-corrected chi connectivity index (χ3v) is 5.58. The molecule has 2 aromatic carbocycles. The normalized spacial score (nSPS) is 11.8. The number of anilines is 2. The zero-order valence-corrected chi connectivity index (χ0v) is 17.6. The molecule has 0 radical (unpaired) electrons. The van der Waals surface area contributed by atoms with Crippen LogP contribution in [-0.2, 0) is 17.8 Å². The van der Waals surface area contributed by atoms with Crippen molar-refractivity contribution in [3.63, 3.8) is 0 Å². The Kier molecular flexibility index (Phi) is 6.77. The molecule has 1 amide bonds. The number of thioether (sulfide) groups is 1. The Morgan fingerprint density at radius 1 is 1.17 bits per heavy atom. The number of amides is 1. The number of nitrogens with one attached hydrogen (secondary N) is 2. The fourth-order valence-electron chi connectivity index (χ4n) is 2.77. The van der Waals surface area contributed by atoms with Gasteiger partial charge in [-0.3, -0.25) is 9.36 Å². The van der Waals surface area contributed by atoms with Gasteiger partial charge in [0.1, 0.15) is 0 Å². The van der Waals surface area contributed by atoms with Gasteiger partial charge < -0.3 is 10.2 Å². The summed E-state index contributed by atoms with van der Waals surface area (Å²) in [6.45, 7) is 2.30. The lowest BCUT2D eigenvalue weighted by Crippen LogP contribution is -2.24. The van der Waals surface area contributed by atoms with Gasteiger partial charge in [0.15, 0.2) is 5.16 Å². The summed E-state index contributed by atoms with van der Waals surface area (Å²) in [6.07, 6.45) is 0.715. The Morgan fingerprint density at radius 3 is 2.52 bits per heavy atom. The molecule has 7 nitrogen and oxygen atoms in total. The van der Waals surface area contributed by atoms with E-state index in [4.69, 9.17) is 0 Å². The highest BCUT2D eigenvalue weighted by atomic mass is 32.2. The summed E-state index contributed by atoms with van der Waals surface area (Å²) >= 11 is 1.26. The lowest BCUT2D eigenvalue weighted by Gasteiger charge is -2.14. The molecule has 0 aliphatic carbocycles. The highest BCUT2D eigenvalue weighted by Gasteiger charge is 2.19. The van der Waals surface area contributed by atoms with Crippen LogP contribution in [0.4, 0.5) is 11.4 Å². The van der Waals surface area contributed by atoms with E-state index < -0.39 is 5.25 Å². The Balaban J connectivity index is 1.62. The van der Waals surface area contributed by atoms with E-state index in [1.807, 2.05) is 73.6 Å². The number of H-pyrrole nitrogens is 1. The van der Waals surface area contributed by atoms with Crippen molar-refractivity contribution < 1.29 is 4.79 Å². The van der Waals surface area contributed by atoms with Crippen LogP contribution in [0.15, 0.2) is 64.5 Å². The highest BCUT2D eigenvalue weighted by Crippen LogP contribution is 2.22. The molecule has 1 atom stereocenters. The largest absolute Gasteiger partial charge is 0.378 e. The zero-order chi connectivity index (χ0) is 20.8. The number of carbonyl (C=O) groups is 1. The number of nitrogens with zero attached hydrogens (tertiary/aromatic N) is 3. The molecule has 0 aliphatic heterocycles. The van der Waals surface area contributed by atoms with E-state index in [-0.39, 0.29) is 11.6 Å². The van der Waals surface area contributed by atoms with Gasteiger partial charge in [-0.05, 0) is 43.2 Å². The maximum absolute atomic E-state index is 12.6. The average molecular weight is 412 g/mol. The third kappa shape index (κ3) is 5.51. The summed E-state index contributed by atoms with van der Waals surface area (Å²) in [5.41, 5.74) is 2.67. The van der Waals surface area contributed by atoms with Gasteiger partial charge in [0.25, 0.3) is 0 Å². The molecule has 3 rings (SSSR count). The molecule has 29 heavy (non-hydrogen) atoms. The van der Waals surface area contributed by atoms with E-state index in [9.17, 15) is 9.59 Å². The number of aromatic amines is 1. The first-order valence-corrected chi connectivity index (χ1v) is 10.3. The molecular formula is C21H25N5O2S. The Hall–Kier alpha value is -3.00. The summed E-state index contributed by atoms with van der Waals surface area (Å²) in [5.74, 6) is -0.141. The summed E-state index contributed by atoms with van der Waals surface area (Å²) in [7, 11) is 3.93. The van der Waals surface area contributed by atoms with Gasteiger partial charge in [-0.2, -0.15) is 0 Å². The molecule has 3 aromatic rings. The summed E-state index contributed by atoms with van der Waals surface area (Å²) < 4.78 is 1.58. The molecule has 152 valence electrons. The van der Waals surface area contributed by atoms with Gasteiger partial charge in [0.2, 0.25) is 5.91 Å². The van der Waals surface area contributed by atoms with Crippen molar-refractivity contribution in [1.29, 1.82) is 0 Å². The number of hydrogen-bond acceptors (Lipinski definition) is 5. The SMILES string of the molecule is CC(Sc1n[nH]c(=O)n1CCc1ccccc1)C(=O)Nc1ccc(N(C)C)cc1. The highest BCUT2D eigenvalue weighted by molar-refractivity contribution is 8.00. The predicted octanol–water partition coefficient (Wildman–Crippen LogP) is 3.00. The smallest absolute Gasteiger partial charge is 0.343 e. The van der Waals surface area contributed by atoms with Crippen LogP contribution in [0.5, 0.6) is 0 Å². The lowest BCUT2D eigenvalue weighted by atomic mass is 10.1. The lowest BCUT2D eigenvalue weighted by molar-refractivity contribution is -0.115. The fourth-order valence-corrected chi connectivity index (χ4v) is 3.66. The third-order valence-electron chi connectivity index (χ3n) is 4.49. The number of benzene rings is 2. The van der Waals surface area contributed by atoms with Crippen molar-refractivity contribution in [2.45, 2.75) is 30.3 Å². The molecule has 2 N–H and O–H groups in total. The molecular weight excluding hydrogens is 386 g/mol. The molecule has 0 saturated heterocycles. The van der Waals surface area contributed by atoms with Crippen molar-refractivity contribution >= 4 is 29.0 Å². The maximum Gasteiger partial charge on any atom is 0.343 e. The van der Waals surface area contributed by atoms with Gasteiger partial charge in [-0.25, -0.2) is 9.89 Å². The van der Waals surface area contributed by atoms with Crippen LogP contribution in [0, 0.1) is 0 Å². The summed E-state index contributed by atoms with van der Waals surface area (Å²) in [4.78, 5) is 26.7. The molecule has 1 aromatic heterocycles. The van der Waals surface area contributed by atoms with Crippen LogP contribution >= 0.6 is 11.8 Å². The van der Waals surface area contributed by atoms with Crippen molar-refractivity contribution in [1.82, 2.24) is 14.8 Å². The fraction of sp³-hybridized carbons (Fsp3) is 0.286. The van der Waals surface area contributed by atoms with Crippen LogP contribution < -0.4 is 15.9 Å². The summed E-state index contributed by atoms with van der Waals surface area (Å²) in [6, 6.07) is 17.6. The minimum absolute atomic E-state index is 0.141. The van der Waals surface area contributed by atoms with E-state index in [1.165, 1.54) is 11.8 Å². The first kappa shape index (κ1) is 20.7. The molecule has 1 unspecified atom stereocenters. The predicted molar refractivity (Wildman–Crippen MR) is 118 cm³/mol. The number of aromatic nitrogens is 3. The topological polar surface area (TPSA) is 83.0 Å². The number of rotatable bonds is 8. The van der Waals surface area contributed by atoms with Crippen LogP contribution in [0.2, 0.25) is 0 Å². The second-order valence-corrected chi connectivity index (χ2v) is 8.20. The molecule has 0 aliphatic rings. The zero-order valence-electron chi connectivity index (χ0n) is 16.8. The van der Waals surface area contributed by atoms with Crippen LogP contribution in [0.25, 0.3) is 0 Å². The Morgan fingerprint density at radius 2 is 1.86 bits per heavy atom. The molecule has 0 fully saturated rings. The molecule has 0 saturated carbocycles. The minimum Gasteiger partial charge on any atom is -0.378 e. The van der Waals surface area contributed by atoms with Gasteiger partial charge in [0, 0.05) is 32.0 Å². The molecule has 1 heterocycles. The van der Waals surface area contributed by atoms with Crippen LogP contribution in [-0.4, -0.2) is 40.0 Å². The average Bonchev–Trinajstić information content (AvgIpc) is 3.06. The second-order valence-electron chi connectivity index (χ2n) is 6.89. The Labute approximate surface area is 174 Å². The van der Waals surface area contributed by atoms with E-state index in [2.05, 4.69) is 15.5 Å². The van der Waals surface area contributed by atoms with Crippen molar-refractivity contribution in [3.05, 3.63) is 70.6 Å². The first-order chi connectivity index (χ1) is 13.9. The van der Waals surface area contributed by atoms with Crippen molar-refractivity contribution in [3.8, 4) is 0 Å². The monoisotopic (exact) mass is 411 g/mol. The van der Waals surface area contributed by atoms with Crippen molar-refractivity contribution in [2.24, 2.45) is 0 Å².